The van der Waals surface area contributed by atoms with Crippen LogP contribution >= 0.6 is 0 Å². The fourth-order valence-corrected chi connectivity index (χ4v) is 2.39. The highest BCUT2D eigenvalue weighted by atomic mass is 15.3. The van der Waals surface area contributed by atoms with Gasteiger partial charge >= 0.3 is 0 Å². The molecule has 7 heteroatoms. The van der Waals surface area contributed by atoms with Gasteiger partial charge in [-0.15, -0.1) is 0 Å². The van der Waals surface area contributed by atoms with Gasteiger partial charge in [0, 0.05) is 25.0 Å². The summed E-state index contributed by atoms with van der Waals surface area (Å²) in [6.45, 7) is 0. The Labute approximate surface area is 144 Å². The van der Waals surface area contributed by atoms with Crippen LogP contribution in [0.4, 0.5) is 11.5 Å². The maximum Gasteiger partial charge on any atom is 0.250 e. The van der Waals surface area contributed by atoms with Crippen molar-refractivity contribution in [3.8, 4) is 5.95 Å². The molecule has 3 heterocycles. The van der Waals surface area contributed by atoms with Crippen LogP contribution in [0, 0.1) is 0 Å². The Morgan fingerprint density at radius 3 is 2.56 bits per heavy atom. The van der Waals surface area contributed by atoms with Gasteiger partial charge < -0.3 is 5.32 Å². The van der Waals surface area contributed by atoms with Crippen molar-refractivity contribution < 1.29 is 0 Å². The van der Waals surface area contributed by atoms with Crippen molar-refractivity contribution in [2.24, 2.45) is 0 Å². The molecule has 0 aliphatic carbocycles. The normalized spacial score (nSPS) is 10.6. The van der Waals surface area contributed by atoms with Crippen LogP contribution < -0.4 is 5.32 Å². The molecular weight excluding hydrogens is 314 g/mol. The first-order valence-corrected chi connectivity index (χ1v) is 7.82. The van der Waals surface area contributed by atoms with E-state index in [-0.39, 0.29) is 0 Å². The lowest BCUT2D eigenvalue weighted by molar-refractivity contribution is 0.808. The van der Waals surface area contributed by atoms with Gasteiger partial charge in [-0.2, -0.15) is 5.10 Å². The van der Waals surface area contributed by atoms with Crippen LogP contribution in [0.2, 0.25) is 0 Å². The van der Waals surface area contributed by atoms with Crippen LogP contribution in [0.15, 0.2) is 73.4 Å². The molecule has 0 spiro atoms. The molecule has 0 radical (unpaired) electrons. The summed E-state index contributed by atoms with van der Waals surface area (Å²) in [5, 5.41) is 7.49. The Hall–Kier alpha value is -3.61. The van der Waals surface area contributed by atoms with E-state index in [0.29, 0.717) is 12.4 Å². The van der Waals surface area contributed by atoms with Crippen molar-refractivity contribution in [1.82, 2.24) is 29.7 Å². The first-order chi connectivity index (χ1) is 12.4. The second-order valence-electron chi connectivity index (χ2n) is 5.37. The lowest BCUT2D eigenvalue weighted by atomic mass is 10.1. The van der Waals surface area contributed by atoms with Gasteiger partial charge in [0.05, 0.1) is 18.1 Å². The minimum absolute atomic E-state index is 0.517. The third-order valence-corrected chi connectivity index (χ3v) is 3.52. The lowest BCUT2D eigenvalue weighted by Crippen LogP contribution is -2.01. The van der Waals surface area contributed by atoms with Gasteiger partial charge in [-0.05, 0) is 17.7 Å². The smallest absolute Gasteiger partial charge is 0.250 e. The number of anilines is 2. The Balaban J connectivity index is 1.50. The largest absolute Gasteiger partial charge is 0.338 e. The number of hydrogen-bond donors (Lipinski definition) is 1. The summed E-state index contributed by atoms with van der Waals surface area (Å²) in [6.07, 6.45) is 9.31. The summed E-state index contributed by atoms with van der Waals surface area (Å²) < 4.78 is 1.61. The molecule has 0 aliphatic heterocycles. The summed E-state index contributed by atoms with van der Waals surface area (Å²) in [5.41, 5.74) is 1.98. The second-order valence-corrected chi connectivity index (χ2v) is 5.37. The molecule has 0 saturated heterocycles. The minimum atomic E-state index is 0.517. The number of hydrogen-bond acceptors (Lipinski definition) is 6. The van der Waals surface area contributed by atoms with Crippen molar-refractivity contribution in [3.05, 3.63) is 84.8 Å². The van der Waals surface area contributed by atoms with Crippen molar-refractivity contribution in [2.45, 2.75) is 6.42 Å². The molecule has 4 rings (SSSR count). The molecule has 1 aromatic carbocycles. The van der Waals surface area contributed by atoms with E-state index in [4.69, 9.17) is 0 Å². The van der Waals surface area contributed by atoms with Crippen LogP contribution in [0.1, 0.15) is 11.4 Å². The summed E-state index contributed by atoms with van der Waals surface area (Å²) in [6, 6.07) is 13.7. The molecule has 4 aromatic rings. The van der Waals surface area contributed by atoms with E-state index in [1.807, 2.05) is 30.5 Å². The van der Waals surface area contributed by atoms with Gasteiger partial charge in [-0.25, -0.2) is 24.6 Å². The van der Waals surface area contributed by atoms with E-state index in [9.17, 15) is 0 Å². The zero-order chi connectivity index (χ0) is 16.9. The number of nitrogens with one attached hydrogen (secondary N) is 1. The standard InChI is InChI=1S/C18H15N7/c1-2-5-14(6-3-1)11-17-19-10-7-16(24-17)23-15-12-22-25(13-15)18-20-8-4-9-21-18/h1-10,12-13H,11H2,(H,19,23,24). The first kappa shape index (κ1) is 14.9. The van der Waals surface area contributed by atoms with E-state index in [0.717, 1.165) is 17.3 Å². The van der Waals surface area contributed by atoms with Crippen molar-refractivity contribution >= 4 is 11.5 Å². The van der Waals surface area contributed by atoms with E-state index in [1.54, 1.807) is 35.5 Å². The van der Waals surface area contributed by atoms with Gasteiger partial charge in [0.1, 0.15) is 11.6 Å². The molecule has 122 valence electrons. The van der Waals surface area contributed by atoms with Crippen molar-refractivity contribution in [3.63, 3.8) is 0 Å². The minimum Gasteiger partial charge on any atom is -0.338 e. The van der Waals surface area contributed by atoms with E-state index >= 15 is 0 Å². The Morgan fingerprint density at radius 2 is 1.72 bits per heavy atom. The van der Waals surface area contributed by atoms with Gasteiger partial charge in [-0.1, -0.05) is 30.3 Å². The van der Waals surface area contributed by atoms with Crippen molar-refractivity contribution in [1.29, 1.82) is 0 Å². The zero-order valence-corrected chi connectivity index (χ0v) is 13.3. The molecule has 25 heavy (non-hydrogen) atoms. The van der Waals surface area contributed by atoms with Crippen LogP contribution in [0.25, 0.3) is 5.95 Å². The maximum atomic E-state index is 4.55. The quantitative estimate of drug-likeness (QED) is 0.606. The maximum absolute atomic E-state index is 4.55. The topological polar surface area (TPSA) is 81.4 Å². The molecule has 0 unspecified atom stereocenters. The molecule has 0 atom stereocenters. The number of nitrogens with zero attached hydrogens (tertiary/aromatic N) is 6. The van der Waals surface area contributed by atoms with Gasteiger partial charge in [0.15, 0.2) is 0 Å². The highest BCUT2D eigenvalue weighted by Crippen LogP contribution is 2.15. The average molecular weight is 329 g/mol. The third kappa shape index (κ3) is 3.66. The summed E-state index contributed by atoms with van der Waals surface area (Å²) >= 11 is 0. The van der Waals surface area contributed by atoms with Crippen LogP contribution in [-0.4, -0.2) is 29.7 Å². The Morgan fingerprint density at radius 1 is 0.880 bits per heavy atom. The molecule has 0 fully saturated rings. The highest BCUT2D eigenvalue weighted by Gasteiger charge is 2.05. The molecule has 3 aromatic heterocycles. The fourth-order valence-electron chi connectivity index (χ4n) is 2.39. The SMILES string of the molecule is c1ccc(Cc2nccc(Nc3cnn(-c4ncccn4)c3)n2)cc1. The van der Waals surface area contributed by atoms with Crippen LogP contribution in [-0.2, 0) is 6.42 Å². The van der Waals surface area contributed by atoms with E-state index in [1.165, 1.54) is 5.56 Å². The predicted octanol–water partition coefficient (Wildman–Crippen LogP) is 2.79. The van der Waals surface area contributed by atoms with Gasteiger partial charge in [0.25, 0.3) is 0 Å². The molecule has 0 bridgehead atoms. The van der Waals surface area contributed by atoms with E-state index in [2.05, 4.69) is 42.5 Å². The summed E-state index contributed by atoms with van der Waals surface area (Å²) in [7, 11) is 0. The molecule has 1 N–H and O–H groups in total. The number of aromatic nitrogens is 6. The van der Waals surface area contributed by atoms with Crippen LogP contribution in [0.5, 0.6) is 0 Å². The van der Waals surface area contributed by atoms with Gasteiger partial charge in [-0.3, -0.25) is 0 Å². The Bertz CT molecular complexity index is 951. The highest BCUT2D eigenvalue weighted by molar-refractivity contribution is 5.54. The Kier molecular flexibility index (Phi) is 4.11. The number of rotatable bonds is 5. The number of benzene rings is 1. The van der Waals surface area contributed by atoms with Crippen molar-refractivity contribution in [2.75, 3.05) is 5.32 Å². The molecular formula is C18H15N7. The zero-order valence-electron chi connectivity index (χ0n) is 13.3. The molecule has 0 aliphatic rings. The predicted molar refractivity (Wildman–Crippen MR) is 93.7 cm³/mol. The third-order valence-electron chi connectivity index (χ3n) is 3.52. The average Bonchev–Trinajstić information content (AvgIpc) is 3.12. The molecule has 0 amide bonds. The van der Waals surface area contributed by atoms with Gasteiger partial charge in [0.2, 0.25) is 5.95 Å². The lowest BCUT2D eigenvalue weighted by Gasteiger charge is -2.05. The monoisotopic (exact) mass is 329 g/mol. The first-order valence-electron chi connectivity index (χ1n) is 7.82. The van der Waals surface area contributed by atoms with E-state index < -0.39 is 0 Å². The summed E-state index contributed by atoms with van der Waals surface area (Å²) in [5.74, 6) is 1.99. The molecule has 0 saturated carbocycles. The second kappa shape index (κ2) is 6.88. The van der Waals surface area contributed by atoms with Crippen LogP contribution in [0.3, 0.4) is 0 Å². The summed E-state index contributed by atoms with van der Waals surface area (Å²) in [4.78, 5) is 17.2. The fraction of sp³-hybridized carbons (Fsp3) is 0.0556. The molecule has 7 nitrogen and oxygen atoms in total.